The van der Waals surface area contributed by atoms with E-state index in [1.807, 2.05) is 19.9 Å². The van der Waals surface area contributed by atoms with Crippen molar-refractivity contribution in [2.75, 3.05) is 0 Å². The minimum Gasteiger partial charge on any atom is -0.478 e. The van der Waals surface area contributed by atoms with E-state index in [9.17, 15) is 9.18 Å². The van der Waals surface area contributed by atoms with Crippen molar-refractivity contribution in [3.63, 3.8) is 0 Å². The Labute approximate surface area is 88.1 Å². The molecule has 1 rings (SSSR count). The first-order valence-corrected chi connectivity index (χ1v) is 4.66. The smallest absolute Gasteiger partial charge is 0.335 e. The van der Waals surface area contributed by atoms with Crippen LogP contribution in [0.1, 0.15) is 29.8 Å². The number of aromatic carboxylic acids is 1. The molecule has 15 heavy (non-hydrogen) atoms. The molecule has 1 aromatic carbocycles. The molecule has 0 aliphatic carbocycles. The van der Waals surface area contributed by atoms with Gasteiger partial charge in [0, 0.05) is 0 Å². The first-order chi connectivity index (χ1) is 7.00. The quantitative estimate of drug-likeness (QED) is 0.775. The number of hydrogen-bond acceptors (Lipinski definition) is 1. The highest BCUT2D eigenvalue weighted by Crippen LogP contribution is 2.12. The second-order valence-corrected chi connectivity index (χ2v) is 3.60. The van der Waals surface area contributed by atoms with Crippen LogP contribution in [0.25, 0.3) is 0 Å². The lowest BCUT2D eigenvalue weighted by Gasteiger charge is -2.02. The van der Waals surface area contributed by atoms with Crippen molar-refractivity contribution in [2.45, 2.75) is 20.3 Å². The monoisotopic (exact) mass is 208 g/mol. The third-order valence-electron chi connectivity index (χ3n) is 2.02. The predicted octanol–water partition coefficient (Wildman–Crippen LogP) is 3.03. The highest BCUT2D eigenvalue weighted by molar-refractivity contribution is 5.87. The number of carboxylic acid groups (broad SMARTS) is 1. The molecule has 0 aromatic heterocycles. The molecule has 0 saturated carbocycles. The third-order valence-corrected chi connectivity index (χ3v) is 2.02. The number of rotatable bonds is 3. The maximum Gasteiger partial charge on any atom is 0.335 e. The van der Waals surface area contributed by atoms with Gasteiger partial charge in [0.2, 0.25) is 0 Å². The minimum absolute atomic E-state index is 0.119. The molecule has 0 aliphatic heterocycles. The van der Waals surface area contributed by atoms with Crippen LogP contribution >= 0.6 is 0 Å². The zero-order valence-electron chi connectivity index (χ0n) is 8.75. The Bertz CT molecular complexity index is 404. The summed E-state index contributed by atoms with van der Waals surface area (Å²) in [6.45, 7) is 3.83. The second-order valence-electron chi connectivity index (χ2n) is 3.60. The van der Waals surface area contributed by atoms with Crippen molar-refractivity contribution < 1.29 is 14.3 Å². The minimum atomic E-state index is -1.03. The Morgan fingerprint density at radius 1 is 1.47 bits per heavy atom. The largest absolute Gasteiger partial charge is 0.478 e. The predicted molar refractivity (Wildman–Crippen MR) is 56.5 cm³/mol. The van der Waals surface area contributed by atoms with Crippen molar-refractivity contribution in [1.29, 1.82) is 0 Å². The molecule has 3 heteroatoms. The van der Waals surface area contributed by atoms with Crippen molar-refractivity contribution >= 4 is 5.97 Å². The van der Waals surface area contributed by atoms with E-state index in [2.05, 4.69) is 0 Å². The highest BCUT2D eigenvalue weighted by atomic mass is 19.1. The zero-order chi connectivity index (χ0) is 11.4. The molecule has 0 unspecified atom stereocenters. The van der Waals surface area contributed by atoms with E-state index in [0.29, 0.717) is 12.0 Å². The van der Waals surface area contributed by atoms with Gasteiger partial charge >= 0.3 is 5.97 Å². The molecule has 0 aliphatic rings. The standard InChI is InChI=1S/C12H13FO2/c1-8(2)3-4-9-7-10(12(14)15)5-6-11(9)13/h3,5-7H,4H2,1-2H3,(H,14,15). The Morgan fingerprint density at radius 3 is 2.67 bits per heavy atom. The normalized spacial score (nSPS) is 9.80. The molecular weight excluding hydrogens is 195 g/mol. The van der Waals surface area contributed by atoms with E-state index in [4.69, 9.17) is 5.11 Å². The Balaban J connectivity index is 3.00. The lowest BCUT2D eigenvalue weighted by Crippen LogP contribution is -1.99. The number of hydrogen-bond donors (Lipinski definition) is 1. The third kappa shape index (κ3) is 3.20. The van der Waals surface area contributed by atoms with E-state index < -0.39 is 5.97 Å². The summed E-state index contributed by atoms with van der Waals surface area (Å²) in [5.41, 5.74) is 1.61. The summed E-state index contributed by atoms with van der Waals surface area (Å²) < 4.78 is 13.3. The van der Waals surface area contributed by atoms with Gasteiger partial charge in [0.25, 0.3) is 0 Å². The van der Waals surface area contributed by atoms with Crippen LogP contribution in [0.4, 0.5) is 4.39 Å². The van der Waals surface area contributed by atoms with Crippen LogP contribution in [0.3, 0.4) is 0 Å². The summed E-state index contributed by atoms with van der Waals surface area (Å²) in [7, 11) is 0. The summed E-state index contributed by atoms with van der Waals surface area (Å²) >= 11 is 0. The maximum atomic E-state index is 13.3. The van der Waals surface area contributed by atoms with Gasteiger partial charge in [-0.05, 0) is 44.0 Å². The second kappa shape index (κ2) is 4.73. The first kappa shape index (κ1) is 11.4. The van der Waals surface area contributed by atoms with Crippen molar-refractivity contribution in [2.24, 2.45) is 0 Å². The van der Waals surface area contributed by atoms with Crippen LogP contribution in [-0.4, -0.2) is 11.1 Å². The highest BCUT2D eigenvalue weighted by Gasteiger charge is 2.07. The fourth-order valence-electron chi connectivity index (χ4n) is 1.18. The molecule has 0 atom stereocenters. The van der Waals surface area contributed by atoms with Crippen LogP contribution in [0.5, 0.6) is 0 Å². The van der Waals surface area contributed by atoms with Gasteiger partial charge < -0.3 is 5.11 Å². The van der Waals surface area contributed by atoms with Crippen LogP contribution in [0, 0.1) is 5.82 Å². The lowest BCUT2D eigenvalue weighted by atomic mass is 10.1. The number of halogens is 1. The van der Waals surface area contributed by atoms with Crippen molar-refractivity contribution in [3.05, 3.63) is 46.8 Å². The van der Waals surface area contributed by atoms with Gasteiger partial charge in [-0.3, -0.25) is 0 Å². The summed E-state index contributed by atoms with van der Waals surface area (Å²) in [5, 5.41) is 8.74. The molecule has 80 valence electrons. The summed E-state index contributed by atoms with van der Waals surface area (Å²) in [5.74, 6) is -1.40. The van der Waals surface area contributed by atoms with E-state index in [1.54, 1.807) is 0 Å². The van der Waals surface area contributed by atoms with E-state index in [1.165, 1.54) is 18.2 Å². The van der Waals surface area contributed by atoms with Gasteiger partial charge in [-0.25, -0.2) is 9.18 Å². The van der Waals surface area contributed by atoms with Gasteiger partial charge in [0.1, 0.15) is 5.82 Å². The van der Waals surface area contributed by atoms with E-state index in [0.717, 1.165) is 5.57 Å². The number of allylic oxidation sites excluding steroid dienone is 2. The van der Waals surface area contributed by atoms with E-state index >= 15 is 0 Å². The van der Waals surface area contributed by atoms with Crippen molar-refractivity contribution in [3.8, 4) is 0 Å². The molecular formula is C12H13FO2. The zero-order valence-corrected chi connectivity index (χ0v) is 8.75. The molecule has 1 N–H and O–H groups in total. The van der Waals surface area contributed by atoms with Crippen LogP contribution in [0.15, 0.2) is 29.8 Å². The molecule has 2 nitrogen and oxygen atoms in total. The summed E-state index contributed by atoms with van der Waals surface area (Å²) in [6.07, 6.45) is 2.29. The van der Waals surface area contributed by atoms with Gasteiger partial charge in [-0.15, -0.1) is 0 Å². The summed E-state index contributed by atoms with van der Waals surface area (Å²) in [6, 6.07) is 3.83. The maximum absolute atomic E-state index is 13.3. The molecule has 0 amide bonds. The Morgan fingerprint density at radius 2 is 2.13 bits per heavy atom. The molecule has 0 saturated heterocycles. The fourth-order valence-corrected chi connectivity index (χ4v) is 1.18. The van der Waals surface area contributed by atoms with Gasteiger partial charge in [-0.2, -0.15) is 0 Å². The van der Waals surface area contributed by atoms with Crippen LogP contribution in [-0.2, 0) is 6.42 Å². The van der Waals surface area contributed by atoms with Crippen molar-refractivity contribution in [1.82, 2.24) is 0 Å². The average molecular weight is 208 g/mol. The number of benzene rings is 1. The molecule has 0 spiro atoms. The average Bonchev–Trinajstić information content (AvgIpc) is 2.16. The topological polar surface area (TPSA) is 37.3 Å². The van der Waals surface area contributed by atoms with Gasteiger partial charge in [0.05, 0.1) is 5.56 Å². The molecule has 0 heterocycles. The molecule has 1 aromatic rings. The fraction of sp³-hybridized carbons (Fsp3) is 0.250. The molecule has 0 fully saturated rings. The molecule has 0 radical (unpaired) electrons. The Kier molecular flexibility index (Phi) is 3.61. The lowest BCUT2D eigenvalue weighted by molar-refractivity contribution is 0.0696. The molecule has 0 bridgehead atoms. The summed E-state index contributed by atoms with van der Waals surface area (Å²) in [4.78, 5) is 10.7. The van der Waals surface area contributed by atoms with Crippen LogP contribution < -0.4 is 0 Å². The Hall–Kier alpha value is -1.64. The number of carboxylic acids is 1. The first-order valence-electron chi connectivity index (χ1n) is 4.66. The number of carbonyl (C=O) groups is 1. The SMILES string of the molecule is CC(C)=CCc1cc(C(=O)O)ccc1F. The van der Waals surface area contributed by atoms with Gasteiger partial charge in [-0.1, -0.05) is 11.6 Å². The van der Waals surface area contributed by atoms with Gasteiger partial charge in [0.15, 0.2) is 0 Å². The van der Waals surface area contributed by atoms with Crippen LogP contribution in [0.2, 0.25) is 0 Å². The van der Waals surface area contributed by atoms with E-state index in [-0.39, 0.29) is 11.4 Å².